The second-order valence-electron chi connectivity index (χ2n) is 17.7. The molecule has 0 aliphatic heterocycles. The largest absolute Gasteiger partial charge is 0.456 e. The summed E-state index contributed by atoms with van der Waals surface area (Å²) >= 11 is 0. The van der Waals surface area contributed by atoms with Crippen molar-refractivity contribution in [1.82, 2.24) is 0 Å². The maximum Gasteiger partial charge on any atom is 0.135 e. The van der Waals surface area contributed by atoms with E-state index in [4.69, 9.17) is 8.83 Å². The van der Waals surface area contributed by atoms with Crippen LogP contribution in [-0.2, 0) is 0 Å². The summed E-state index contributed by atoms with van der Waals surface area (Å²) in [5.74, 6) is 0. The van der Waals surface area contributed by atoms with Crippen molar-refractivity contribution in [3.63, 3.8) is 0 Å². The average molecular weight is 882 g/mol. The third-order valence-electron chi connectivity index (χ3n) is 13.5. The first-order valence-electron chi connectivity index (χ1n) is 23.5. The number of anilines is 3. The molecule has 0 fully saturated rings. The lowest BCUT2D eigenvalue weighted by molar-refractivity contribution is 0.668. The van der Waals surface area contributed by atoms with Crippen LogP contribution in [0.25, 0.3) is 111 Å². The third kappa shape index (κ3) is 7.53. The van der Waals surface area contributed by atoms with Gasteiger partial charge in [-0.1, -0.05) is 170 Å². The molecule has 0 aliphatic carbocycles. The zero-order chi connectivity index (χ0) is 45.7. The van der Waals surface area contributed by atoms with Gasteiger partial charge in [0.05, 0.1) is 0 Å². The molecule has 0 bridgehead atoms. The molecule has 0 radical (unpaired) electrons. The van der Waals surface area contributed by atoms with Crippen molar-refractivity contribution in [3.05, 3.63) is 261 Å². The quantitative estimate of drug-likeness (QED) is 0.145. The van der Waals surface area contributed by atoms with Crippen LogP contribution in [-0.4, -0.2) is 0 Å². The minimum Gasteiger partial charge on any atom is -0.456 e. The van der Waals surface area contributed by atoms with E-state index in [1.54, 1.807) is 0 Å². The molecule has 3 heteroatoms. The highest BCUT2D eigenvalue weighted by Crippen LogP contribution is 2.41. The van der Waals surface area contributed by atoms with Crippen LogP contribution in [0.4, 0.5) is 17.1 Å². The number of hydrogen-bond acceptors (Lipinski definition) is 3. The Bertz CT molecular complexity index is 3850. The van der Waals surface area contributed by atoms with E-state index in [9.17, 15) is 0 Å². The highest BCUT2D eigenvalue weighted by Gasteiger charge is 2.16. The molecular formula is C66H43NO2. The van der Waals surface area contributed by atoms with Crippen molar-refractivity contribution >= 4 is 60.9 Å². The first kappa shape index (κ1) is 40.1. The Balaban J connectivity index is 0.844. The molecule has 0 saturated carbocycles. The monoisotopic (exact) mass is 881 g/mol. The first-order chi connectivity index (χ1) is 34.1. The van der Waals surface area contributed by atoms with Crippen molar-refractivity contribution < 1.29 is 8.83 Å². The molecule has 13 aromatic rings. The normalized spacial score (nSPS) is 11.5. The van der Waals surface area contributed by atoms with Crippen LogP contribution in [0.15, 0.2) is 270 Å². The van der Waals surface area contributed by atoms with E-state index >= 15 is 0 Å². The molecule has 11 aromatic carbocycles. The summed E-state index contributed by atoms with van der Waals surface area (Å²) in [7, 11) is 0. The number of rotatable bonds is 9. The summed E-state index contributed by atoms with van der Waals surface area (Å²) in [4.78, 5) is 2.34. The van der Waals surface area contributed by atoms with E-state index in [2.05, 4.69) is 254 Å². The Kier molecular flexibility index (Phi) is 9.84. The van der Waals surface area contributed by atoms with Crippen molar-refractivity contribution in [2.24, 2.45) is 0 Å². The van der Waals surface area contributed by atoms with E-state index in [-0.39, 0.29) is 0 Å². The van der Waals surface area contributed by atoms with Gasteiger partial charge >= 0.3 is 0 Å². The van der Waals surface area contributed by atoms with Gasteiger partial charge < -0.3 is 13.7 Å². The Morgan fingerprint density at radius 2 is 0.464 bits per heavy atom. The predicted octanol–water partition coefficient (Wildman–Crippen LogP) is 19.0. The second-order valence-corrected chi connectivity index (χ2v) is 17.7. The number of hydrogen-bond donors (Lipinski definition) is 0. The smallest absolute Gasteiger partial charge is 0.135 e. The Labute approximate surface area is 400 Å². The van der Waals surface area contributed by atoms with Crippen LogP contribution in [0.5, 0.6) is 0 Å². The van der Waals surface area contributed by atoms with Gasteiger partial charge in [-0.25, -0.2) is 0 Å². The molecule has 3 nitrogen and oxygen atoms in total. The molecule has 0 amide bonds. The van der Waals surface area contributed by atoms with E-state index in [1.165, 1.54) is 44.5 Å². The molecule has 0 spiro atoms. The van der Waals surface area contributed by atoms with Gasteiger partial charge in [0, 0.05) is 38.6 Å². The van der Waals surface area contributed by atoms with E-state index < -0.39 is 0 Å². The SMILES string of the molecule is c1ccc(-c2cccc(-c3ccc(N(c4ccc(-c5cccc(-c6ccccc6)c5)cc4)c4ccc(-c5ccc6oc7ccc(-c8ccc9oc%10ccccc%10c9c8)cc7c6c5)cc4)cc3)c2)cc1. The van der Waals surface area contributed by atoms with Gasteiger partial charge in [-0.2, -0.15) is 0 Å². The molecular weight excluding hydrogens is 839 g/mol. The fraction of sp³-hybridized carbons (Fsp3) is 0. The number of nitrogens with zero attached hydrogens (tertiary/aromatic N) is 1. The summed E-state index contributed by atoms with van der Waals surface area (Å²) in [6, 6.07) is 93.2. The van der Waals surface area contributed by atoms with Crippen LogP contribution < -0.4 is 4.90 Å². The summed E-state index contributed by atoms with van der Waals surface area (Å²) in [5, 5.41) is 4.43. The topological polar surface area (TPSA) is 29.5 Å². The van der Waals surface area contributed by atoms with E-state index in [1.807, 2.05) is 12.1 Å². The second kappa shape index (κ2) is 16.9. The fourth-order valence-electron chi connectivity index (χ4n) is 9.92. The molecule has 0 unspecified atom stereocenters. The number of para-hydroxylation sites is 1. The molecule has 0 aliphatic rings. The van der Waals surface area contributed by atoms with Gasteiger partial charge in [0.25, 0.3) is 0 Å². The zero-order valence-corrected chi connectivity index (χ0v) is 37.6. The molecule has 2 aromatic heterocycles. The minimum atomic E-state index is 0.871. The summed E-state index contributed by atoms with van der Waals surface area (Å²) in [5.41, 5.74) is 20.8. The molecule has 324 valence electrons. The first-order valence-corrected chi connectivity index (χ1v) is 23.5. The van der Waals surface area contributed by atoms with Crippen LogP contribution in [0.2, 0.25) is 0 Å². The Morgan fingerprint density at radius 3 is 0.870 bits per heavy atom. The lowest BCUT2D eigenvalue weighted by atomic mass is 9.98. The van der Waals surface area contributed by atoms with Crippen LogP contribution >= 0.6 is 0 Å². The standard InChI is InChI=1S/C66H43NO2/c1-3-11-44(12-4-1)49-15-9-17-51(39-49)46-21-30-56(31-22-46)67(57-32-23-47(24-33-57)52-18-10-16-50(40-52)45-13-5-2-6-14-45)58-34-25-48(26-35-58)53-27-36-65-61(41-53)62-43-55(29-38-66(62)69-65)54-28-37-64-60(42-54)59-19-7-8-20-63(59)68-64/h1-43H. The molecule has 2 heterocycles. The molecule has 13 rings (SSSR count). The summed E-state index contributed by atoms with van der Waals surface area (Å²) in [6.45, 7) is 0. The average Bonchev–Trinajstić information content (AvgIpc) is 3.99. The zero-order valence-electron chi connectivity index (χ0n) is 37.6. The molecule has 0 N–H and O–H groups in total. The van der Waals surface area contributed by atoms with Gasteiger partial charge in [0.2, 0.25) is 0 Å². The molecule has 69 heavy (non-hydrogen) atoms. The summed E-state index contributed by atoms with van der Waals surface area (Å²) < 4.78 is 12.5. The van der Waals surface area contributed by atoms with Crippen LogP contribution in [0.1, 0.15) is 0 Å². The van der Waals surface area contributed by atoms with Crippen molar-refractivity contribution in [2.75, 3.05) is 4.90 Å². The van der Waals surface area contributed by atoms with Crippen molar-refractivity contribution in [1.29, 1.82) is 0 Å². The van der Waals surface area contributed by atoms with Gasteiger partial charge in [-0.3, -0.25) is 0 Å². The van der Waals surface area contributed by atoms with Crippen LogP contribution in [0, 0.1) is 0 Å². The third-order valence-corrected chi connectivity index (χ3v) is 13.5. The lowest BCUT2D eigenvalue weighted by Crippen LogP contribution is -2.09. The highest BCUT2D eigenvalue weighted by molar-refractivity contribution is 6.09. The minimum absolute atomic E-state index is 0.871. The van der Waals surface area contributed by atoms with Gasteiger partial charge in [-0.15, -0.1) is 0 Å². The number of benzene rings is 11. The fourth-order valence-corrected chi connectivity index (χ4v) is 9.92. The number of fused-ring (bicyclic) bond motifs is 6. The molecule has 0 atom stereocenters. The Morgan fingerprint density at radius 1 is 0.188 bits per heavy atom. The maximum atomic E-state index is 6.40. The lowest BCUT2D eigenvalue weighted by Gasteiger charge is -2.26. The maximum absolute atomic E-state index is 6.40. The van der Waals surface area contributed by atoms with Crippen LogP contribution in [0.3, 0.4) is 0 Å². The molecule has 0 saturated heterocycles. The van der Waals surface area contributed by atoms with E-state index in [0.29, 0.717) is 0 Å². The van der Waals surface area contributed by atoms with Gasteiger partial charge in [0.15, 0.2) is 0 Å². The number of furan rings is 2. The van der Waals surface area contributed by atoms with Crippen molar-refractivity contribution in [2.45, 2.75) is 0 Å². The summed E-state index contributed by atoms with van der Waals surface area (Å²) in [6.07, 6.45) is 0. The van der Waals surface area contributed by atoms with Crippen molar-refractivity contribution in [3.8, 4) is 66.8 Å². The Hall–Kier alpha value is -9.18. The van der Waals surface area contributed by atoms with Gasteiger partial charge in [-0.05, 0) is 158 Å². The van der Waals surface area contributed by atoms with E-state index in [0.717, 1.165) is 83.2 Å². The predicted molar refractivity (Wildman–Crippen MR) is 288 cm³/mol. The highest BCUT2D eigenvalue weighted by atomic mass is 16.3. The van der Waals surface area contributed by atoms with Gasteiger partial charge in [0.1, 0.15) is 22.3 Å².